The Hall–Kier alpha value is -5.63. The monoisotopic (exact) mass is 687 g/mol. The first-order chi connectivity index (χ1) is 23.3. The third kappa shape index (κ3) is 5.00. The van der Waals surface area contributed by atoms with Crippen LogP contribution in [0.1, 0.15) is 23.1 Å². The Labute approximate surface area is 288 Å². The lowest BCUT2D eigenvalue weighted by Crippen LogP contribution is -2.80. The molecule has 0 heterocycles. The number of phenols is 1. The number of hydrogen-bond acceptors (Lipinski definition) is 13. The number of phenolic OH excluding ortho intramolecular Hbond substituents is 1. The van der Waals surface area contributed by atoms with Crippen LogP contribution in [0.5, 0.6) is 5.75 Å². The molecular formula is C34H41N9O7. The lowest BCUT2D eigenvalue weighted by atomic mass is 9.47. The van der Waals surface area contributed by atoms with Crippen LogP contribution < -0.4 is 37.6 Å². The number of likely N-dealkylation sites (N-methyl/N-ethyl adjacent to an activating group) is 1. The van der Waals surface area contributed by atoms with Gasteiger partial charge in [-0.1, -0.05) is 0 Å². The van der Waals surface area contributed by atoms with Crippen molar-refractivity contribution in [2.45, 2.75) is 36.5 Å². The number of carbonyl (C=O) groups excluding carboxylic acids is 4. The fourth-order valence-electron chi connectivity index (χ4n) is 7.66. The predicted molar refractivity (Wildman–Crippen MR) is 185 cm³/mol. The number of amides is 3. The number of urea groups is 1. The van der Waals surface area contributed by atoms with Gasteiger partial charge in [0.1, 0.15) is 22.8 Å². The molecule has 4 atom stereocenters. The van der Waals surface area contributed by atoms with E-state index in [0.717, 1.165) is 5.69 Å². The van der Waals surface area contributed by atoms with Gasteiger partial charge in [0.25, 0.3) is 5.91 Å². The molecule has 0 unspecified atom stereocenters. The molecule has 0 spiro atoms. The van der Waals surface area contributed by atoms with Crippen molar-refractivity contribution in [1.29, 1.82) is 5.26 Å². The van der Waals surface area contributed by atoms with Gasteiger partial charge in [-0.15, -0.1) is 0 Å². The number of aliphatic hydroxyl groups is 2. The van der Waals surface area contributed by atoms with Gasteiger partial charge in [0, 0.05) is 57.4 Å². The summed E-state index contributed by atoms with van der Waals surface area (Å²) >= 11 is 0. The minimum Gasteiger partial charge on any atom is -0.509 e. The number of primary amides is 1. The van der Waals surface area contributed by atoms with Crippen LogP contribution in [-0.4, -0.2) is 103 Å². The van der Waals surface area contributed by atoms with E-state index in [1.54, 1.807) is 43.3 Å². The first-order valence-corrected chi connectivity index (χ1v) is 15.6. The lowest BCUT2D eigenvalue weighted by molar-refractivity contribution is -0.139. The molecule has 1 fully saturated rings. The van der Waals surface area contributed by atoms with Gasteiger partial charge in [0.05, 0.1) is 34.3 Å². The minimum absolute atomic E-state index is 0.170. The molecule has 5 rings (SSSR count). The number of aliphatic hydroxyl groups excluding tert-OH is 2. The number of hydrogen-bond donors (Lipinski definition) is 8. The van der Waals surface area contributed by atoms with E-state index in [1.807, 2.05) is 31.1 Å². The number of nitrogens with one attached hydrogen (secondary N) is 2. The molecule has 3 amide bonds. The minimum atomic E-state index is -2.77. The fourth-order valence-corrected chi connectivity index (χ4v) is 7.66. The van der Waals surface area contributed by atoms with Crippen LogP contribution in [0.3, 0.4) is 0 Å². The Morgan fingerprint density at radius 3 is 2.16 bits per heavy atom. The van der Waals surface area contributed by atoms with Gasteiger partial charge >= 0.3 is 6.03 Å². The maximum Gasteiger partial charge on any atom is 0.319 e. The van der Waals surface area contributed by atoms with E-state index < -0.39 is 80.9 Å². The second-order valence-corrected chi connectivity index (χ2v) is 13.7. The van der Waals surface area contributed by atoms with E-state index in [0.29, 0.717) is 16.9 Å². The zero-order chi connectivity index (χ0) is 37.2. The fraction of sp³-hybridized carbons (Fsp3) is 0.382. The van der Waals surface area contributed by atoms with Crippen molar-refractivity contribution in [3.8, 4) is 11.8 Å². The van der Waals surface area contributed by atoms with E-state index in [-0.39, 0.29) is 24.1 Å². The number of ketones is 2. The molecule has 16 heteroatoms. The molecule has 50 heavy (non-hydrogen) atoms. The molecule has 1 saturated carbocycles. The Morgan fingerprint density at radius 2 is 1.64 bits per heavy atom. The molecule has 0 aromatic heterocycles. The van der Waals surface area contributed by atoms with Gasteiger partial charge in [-0.2, -0.15) is 5.26 Å². The molecular weight excluding hydrogens is 646 g/mol. The number of Topliss-reactive ketones (excluding diaryl/α,β-unsaturated/α-hetero) is 2. The highest BCUT2D eigenvalue weighted by Crippen LogP contribution is 2.59. The zero-order valence-electron chi connectivity index (χ0n) is 28.6. The van der Waals surface area contributed by atoms with Crippen LogP contribution in [0, 0.1) is 16.7 Å². The summed E-state index contributed by atoms with van der Waals surface area (Å²) in [7, 11) is 10.1. The van der Waals surface area contributed by atoms with E-state index in [9.17, 15) is 39.8 Å². The standard InChI is InChI=1S/C34H41N9O7/c1-41(2)18-9-7-17(8-10-18)40-31(50)39-13-16-11-20(42(3)4)19-12-32(37)14-34(38)27(43(5)6)26(46)22(30(36)49)28(47)33(34,15-35)29(48)23(32)25(45)21(19)24(16)44/h7-11,27,44-45,47H,12-14,37-38H2,1-6H3,(H2,36,49)(H2,39,40,50)/t27-,32-,33+,34-/m1/s1. The molecule has 2 aromatic carbocycles. The first-order valence-electron chi connectivity index (χ1n) is 15.6. The summed E-state index contributed by atoms with van der Waals surface area (Å²) in [6.07, 6.45) is -0.691. The smallest absolute Gasteiger partial charge is 0.319 e. The summed E-state index contributed by atoms with van der Waals surface area (Å²) in [6, 6.07) is 8.39. The highest BCUT2D eigenvalue weighted by molar-refractivity contribution is 6.25. The maximum absolute atomic E-state index is 14.7. The molecule has 2 aromatic rings. The molecule has 3 aliphatic carbocycles. The Bertz CT molecular complexity index is 1950. The summed E-state index contributed by atoms with van der Waals surface area (Å²) in [6.45, 7) is -0.210. The molecule has 0 bridgehead atoms. The molecule has 264 valence electrons. The van der Waals surface area contributed by atoms with E-state index in [1.165, 1.54) is 19.0 Å². The summed E-state index contributed by atoms with van der Waals surface area (Å²) < 4.78 is 0. The number of nitrogens with zero attached hydrogens (tertiary/aromatic N) is 4. The zero-order valence-corrected chi connectivity index (χ0v) is 28.6. The third-order valence-corrected chi connectivity index (χ3v) is 9.87. The average Bonchev–Trinajstić information content (AvgIpc) is 2.99. The van der Waals surface area contributed by atoms with Crippen LogP contribution in [-0.2, 0) is 27.3 Å². The van der Waals surface area contributed by atoms with Gasteiger partial charge in [-0.25, -0.2) is 4.79 Å². The highest BCUT2D eigenvalue weighted by Gasteiger charge is 2.74. The molecule has 0 aliphatic heterocycles. The van der Waals surface area contributed by atoms with Crippen LogP contribution in [0.2, 0.25) is 0 Å². The predicted octanol–water partition coefficient (Wildman–Crippen LogP) is 0.359. The largest absolute Gasteiger partial charge is 0.509 e. The lowest BCUT2D eigenvalue weighted by Gasteiger charge is -2.58. The van der Waals surface area contributed by atoms with Gasteiger partial charge in [0.2, 0.25) is 0 Å². The molecule has 0 saturated heterocycles. The van der Waals surface area contributed by atoms with Crippen LogP contribution in [0.4, 0.5) is 21.9 Å². The number of aromatic hydroxyl groups is 1. The van der Waals surface area contributed by atoms with E-state index in [2.05, 4.69) is 10.6 Å². The Kier molecular flexibility index (Phi) is 8.60. The van der Waals surface area contributed by atoms with Gasteiger partial charge in [0.15, 0.2) is 17.0 Å². The number of nitrogens with two attached hydrogens (primary N) is 3. The van der Waals surface area contributed by atoms with E-state index in [4.69, 9.17) is 17.2 Å². The maximum atomic E-state index is 14.7. The molecule has 3 aliphatic rings. The topological polar surface area (TPSA) is 265 Å². The SMILES string of the molecule is CN(C)c1ccc(NC(=O)NCc2cc(N(C)C)c3c(c2O)C(O)=C2C(=O)[C@]4(C#N)C(O)=C(C(N)=O)C(=O)[C@@H](N(C)C)[C@]4(N)C[C@]2(N)C3)cc1. The average molecular weight is 688 g/mol. The number of rotatable bonds is 7. The second-order valence-electron chi connectivity index (χ2n) is 13.7. The van der Waals surface area contributed by atoms with Gasteiger partial charge in [-0.05, 0) is 62.8 Å². The van der Waals surface area contributed by atoms with Crippen molar-refractivity contribution in [1.82, 2.24) is 10.2 Å². The quantitative estimate of drug-likeness (QED) is 0.183. The number of anilines is 3. The van der Waals surface area contributed by atoms with Crippen LogP contribution >= 0.6 is 0 Å². The summed E-state index contributed by atoms with van der Waals surface area (Å²) in [5, 5.41) is 50.9. The van der Waals surface area contributed by atoms with Gasteiger partial charge < -0.3 is 53.0 Å². The Balaban J connectivity index is 1.63. The van der Waals surface area contributed by atoms with Crippen molar-refractivity contribution in [3.63, 3.8) is 0 Å². The summed E-state index contributed by atoms with van der Waals surface area (Å²) in [5.41, 5.74) is 13.3. The van der Waals surface area contributed by atoms with Crippen molar-refractivity contribution < 1.29 is 34.5 Å². The molecule has 11 N–H and O–H groups in total. The first kappa shape index (κ1) is 35.7. The number of nitriles is 1. The third-order valence-electron chi connectivity index (χ3n) is 9.87. The van der Waals surface area contributed by atoms with Crippen molar-refractivity contribution in [3.05, 3.63) is 63.9 Å². The molecule has 16 nitrogen and oxygen atoms in total. The number of benzene rings is 2. The van der Waals surface area contributed by atoms with Crippen molar-refractivity contribution in [2.24, 2.45) is 22.6 Å². The highest BCUT2D eigenvalue weighted by atomic mass is 16.3. The molecule has 0 radical (unpaired) electrons. The normalized spacial score (nSPS) is 25.7. The van der Waals surface area contributed by atoms with Crippen molar-refractivity contribution >= 4 is 46.3 Å². The summed E-state index contributed by atoms with van der Waals surface area (Å²) in [5.74, 6) is -6.09. The Morgan fingerprint density at radius 1 is 1.02 bits per heavy atom. The van der Waals surface area contributed by atoms with Gasteiger partial charge in [-0.3, -0.25) is 19.3 Å². The summed E-state index contributed by atoms with van der Waals surface area (Å²) in [4.78, 5) is 58.4. The van der Waals surface area contributed by atoms with Crippen molar-refractivity contribution in [2.75, 3.05) is 57.4 Å². The number of carbonyl (C=O) groups is 4. The van der Waals surface area contributed by atoms with E-state index >= 15 is 0 Å². The number of fused-ring (bicyclic) bond motifs is 3. The second kappa shape index (κ2) is 12.1. The van der Waals surface area contributed by atoms with Crippen LogP contribution in [0.25, 0.3) is 5.76 Å². The van der Waals surface area contributed by atoms with Crippen LogP contribution in [0.15, 0.2) is 47.2 Å².